The number of aryl methyl sites for hydroxylation is 3. The highest BCUT2D eigenvalue weighted by Crippen LogP contribution is 2.25. The van der Waals surface area contributed by atoms with Gasteiger partial charge in [-0.3, -0.25) is 14.4 Å². The third-order valence-corrected chi connectivity index (χ3v) is 6.50. The van der Waals surface area contributed by atoms with Crippen LogP contribution in [0, 0.1) is 6.92 Å². The molecule has 2 aliphatic rings. The number of nitrogens with zero attached hydrogens (tertiary/aromatic N) is 3. The van der Waals surface area contributed by atoms with E-state index in [4.69, 9.17) is 0 Å². The minimum absolute atomic E-state index is 0.0891. The third-order valence-electron chi connectivity index (χ3n) is 6.50. The Kier molecular flexibility index (Phi) is 4.65. The maximum atomic E-state index is 13.4. The first-order valence-electron chi connectivity index (χ1n) is 10.7. The van der Waals surface area contributed by atoms with Crippen molar-refractivity contribution in [3.05, 3.63) is 81.1 Å². The van der Waals surface area contributed by atoms with Crippen molar-refractivity contribution in [2.24, 2.45) is 0 Å². The van der Waals surface area contributed by atoms with E-state index in [2.05, 4.69) is 6.07 Å². The van der Waals surface area contributed by atoms with Crippen LogP contribution in [0.1, 0.15) is 34.0 Å². The van der Waals surface area contributed by atoms with Crippen LogP contribution in [0.2, 0.25) is 0 Å². The molecular formula is C25H25N3O3. The molecule has 1 aromatic heterocycles. The van der Waals surface area contributed by atoms with Crippen molar-refractivity contribution >= 4 is 22.7 Å². The summed E-state index contributed by atoms with van der Waals surface area (Å²) in [6.45, 7) is 5.93. The van der Waals surface area contributed by atoms with Crippen molar-refractivity contribution in [2.75, 3.05) is 13.1 Å². The monoisotopic (exact) mass is 415 g/mol. The number of rotatable bonds is 3. The molecule has 3 heterocycles. The molecule has 1 unspecified atom stereocenters. The number of para-hydroxylation sites is 1. The van der Waals surface area contributed by atoms with Gasteiger partial charge in [0.15, 0.2) is 0 Å². The summed E-state index contributed by atoms with van der Waals surface area (Å²) in [5.41, 5.74) is 4.20. The number of benzene rings is 2. The van der Waals surface area contributed by atoms with Crippen LogP contribution < -0.4 is 5.43 Å². The maximum absolute atomic E-state index is 13.4. The number of piperazine rings is 1. The van der Waals surface area contributed by atoms with E-state index in [-0.39, 0.29) is 22.8 Å². The average molecular weight is 415 g/mol. The van der Waals surface area contributed by atoms with Crippen molar-refractivity contribution in [2.45, 2.75) is 39.4 Å². The van der Waals surface area contributed by atoms with Crippen LogP contribution in [0.25, 0.3) is 10.9 Å². The smallest absolute Gasteiger partial charge is 0.260 e. The lowest BCUT2D eigenvalue weighted by molar-refractivity contribution is -0.140. The largest absolute Gasteiger partial charge is 0.346 e. The van der Waals surface area contributed by atoms with E-state index in [1.165, 1.54) is 0 Å². The zero-order chi connectivity index (χ0) is 21.7. The predicted molar refractivity (Wildman–Crippen MR) is 119 cm³/mol. The van der Waals surface area contributed by atoms with Gasteiger partial charge >= 0.3 is 0 Å². The van der Waals surface area contributed by atoms with Crippen molar-refractivity contribution in [1.82, 2.24) is 14.4 Å². The fraction of sp³-hybridized carbons (Fsp3) is 0.320. The number of hydrogen-bond acceptors (Lipinski definition) is 3. The molecule has 2 aromatic carbocycles. The Bertz CT molecular complexity index is 1280. The molecule has 2 amide bonds. The summed E-state index contributed by atoms with van der Waals surface area (Å²) in [5, 5.41) is 0.581. The molecule has 0 N–H and O–H groups in total. The molecule has 31 heavy (non-hydrogen) atoms. The molecule has 0 aliphatic carbocycles. The molecule has 1 atom stereocenters. The number of carbonyl (C=O) groups is 2. The topological polar surface area (TPSA) is 62.6 Å². The van der Waals surface area contributed by atoms with Gasteiger partial charge in [0.2, 0.25) is 11.3 Å². The van der Waals surface area contributed by atoms with Gasteiger partial charge in [0, 0.05) is 37.8 Å². The molecule has 6 heteroatoms. The summed E-state index contributed by atoms with van der Waals surface area (Å²) in [6, 6.07) is 13.2. The van der Waals surface area contributed by atoms with Gasteiger partial charge in [-0.2, -0.15) is 0 Å². The van der Waals surface area contributed by atoms with Gasteiger partial charge in [-0.05, 0) is 37.5 Å². The van der Waals surface area contributed by atoms with E-state index >= 15 is 0 Å². The molecule has 158 valence electrons. The number of amides is 2. The Labute approximate surface area is 180 Å². The second kappa shape index (κ2) is 7.38. The molecule has 1 fully saturated rings. The lowest BCUT2D eigenvalue weighted by atomic mass is 10.1. The maximum Gasteiger partial charge on any atom is 0.260 e. The van der Waals surface area contributed by atoms with E-state index < -0.39 is 6.04 Å². The van der Waals surface area contributed by atoms with Gasteiger partial charge < -0.3 is 14.4 Å². The zero-order valence-corrected chi connectivity index (χ0v) is 17.8. The fourth-order valence-corrected chi connectivity index (χ4v) is 4.86. The lowest BCUT2D eigenvalue weighted by Crippen LogP contribution is -2.57. The van der Waals surface area contributed by atoms with Crippen LogP contribution >= 0.6 is 0 Å². The Morgan fingerprint density at radius 2 is 1.87 bits per heavy atom. The molecule has 0 spiro atoms. The minimum atomic E-state index is -0.605. The number of carbonyl (C=O) groups excluding carboxylic acids is 2. The summed E-state index contributed by atoms with van der Waals surface area (Å²) >= 11 is 0. The first-order chi connectivity index (χ1) is 14.9. The predicted octanol–water partition coefficient (Wildman–Crippen LogP) is 2.74. The molecule has 1 saturated heterocycles. The zero-order valence-electron chi connectivity index (χ0n) is 17.8. The van der Waals surface area contributed by atoms with Crippen molar-refractivity contribution in [3.8, 4) is 0 Å². The Morgan fingerprint density at radius 3 is 2.68 bits per heavy atom. The van der Waals surface area contributed by atoms with Crippen molar-refractivity contribution in [3.63, 3.8) is 0 Å². The molecule has 0 saturated carbocycles. The number of hydrogen-bond donors (Lipinski definition) is 0. The quantitative estimate of drug-likeness (QED) is 0.661. The van der Waals surface area contributed by atoms with Crippen LogP contribution in [0.15, 0.2) is 53.5 Å². The Balaban J connectivity index is 1.41. The van der Waals surface area contributed by atoms with E-state index in [0.717, 1.165) is 35.2 Å². The summed E-state index contributed by atoms with van der Waals surface area (Å²) in [5.74, 6) is -0.446. The van der Waals surface area contributed by atoms with E-state index in [1.807, 2.05) is 41.8 Å². The highest BCUT2D eigenvalue weighted by molar-refractivity contribution is 6.00. The SMILES string of the molecule is Cc1cccc(CN2CCN(C(=O)c3cn4c5c(cccc5c3=O)CC4)C(C)C2=O)c1. The van der Waals surface area contributed by atoms with Crippen LogP contribution in [0.5, 0.6) is 0 Å². The van der Waals surface area contributed by atoms with Gasteiger partial charge in [0.1, 0.15) is 11.6 Å². The molecular weight excluding hydrogens is 390 g/mol. The van der Waals surface area contributed by atoms with Crippen molar-refractivity contribution < 1.29 is 9.59 Å². The van der Waals surface area contributed by atoms with Gasteiger partial charge in [0.05, 0.1) is 5.52 Å². The minimum Gasteiger partial charge on any atom is -0.346 e. The van der Waals surface area contributed by atoms with E-state index in [0.29, 0.717) is 25.0 Å². The second-order valence-electron chi connectivity index (χ2n) is 8.55. The number of pyridine rings is 1. The molecule has 2 aliphatic heterocycles. The van der Waals surface area contributed by atoms with Gasteiger partial charge in [-0.25, -0.2) is 0 Å². The molecule has 0 radical (unpaired) electrons. The standard InChI is InChI=1S/C25H25N3O3/c1-16-5-3-6-18(13-16)14-27-11-12-28(17(2)24(27)30)25(31)21-15-26-10-9-19-7-4-8-20(22(19)26)23(21)29/h3-8,13,15,17H,9-12,14H2,1-2H3. The summed E-state index contributed by atoms with van der Waals surface area (Å²) < 4.78 is 2.00. The summed E-state index contributed by atoms with van der Waals surface area (Å²) in [4.78, 5) is 42.8. The summed E-state index contributed by atoms with van der Waals surface area (Å²) in [7, 11) is 0. The molecule has 5 rings (SSSR count). The highest BCUT2D eigenvalue weighted by Gasteiger charge is 2.36. The Hall–Kier alpha value is -3.41. The van der Waals surface area contributed by atoms with Gasteiger partial charge in [-0.1, -0.05) is 42.0 Å². The van der Waals surface area contributed by atoms with Crippen molar-refractivity contribution in [1.29, 1.82) is 0 Å². The van der Waals surface area contributed by atoms with Crippen LogP contribution in [0.3, 0.4) is 0 Å². The van der Waals surface area contributed by atoms with Crippen LogP contribution in [0.4, 0.5) is 0 Å². The summed E-state index contributed by atoms with van der Waals surface area (Å²) in [6.07, 6.45) is 2.54. The van der Waals surface area contributed by atoms with Gasteiger partial charge in [0.25, 0.3) is 5.91 Å². The first kappa shape index (κ1) is 19.5. The highest BCUT2D eigenvalue weighted by atomic mass is 16.2. The lowest BCUT2D eigenvalue weighted by Gasteiger charge is -2.39. The van der Waals surface area contributed by atoms with Crippen LogP contribution in [-0.2, 0) is 24.3 Å². The second-order valence-corrected chi connectivity index (χ2v) is 8.55. The van der Waals surface area contributed by atoms with Gasteiger partial charge in [-0.15, -0.1) is 0 Å². The van der Waals surface area contributed by atoms with Crippen LogP contribution in [-0.4, -0.2) is 45.3 Å². The fourth-order valence-electron chi connectivity index (χ4n) is 4.86. The third kappa shape index (κ3) is 3.23. The normalized spacial score (nSPS) is 18.1. The van der Waals surface area contributed by atoms with E-state index in [9.17, 15) is 14.4 Å². The number of aromatic nitrogens is 1. The average Bonchev–Trinajstić information content (AvgIpc) is 3.18. The molecule has 0 bridgehead atoms. The molecule has 3 aromatic rings. The Morgan fingerprint density at radius 1 is 1.06 bits per heavy atom. The van der Waals surface area contributed by atoms with E-state index in [1.54, 1.807) is 29.0 Å². The first-order valence-corrected chi connectivity index (χ1v) is 10.7. The molecule has 6 nitrogen and oxygen atoms in total.